The maximum atomic E-state index is 12.4. The van der Waals surface area contributed by atoms with Gasteiger partial charge in [0, 0.05) is 9.13 Å². The summed E-state index contributed by atoms with van der Waals surface area (Å²) in [6.45, 7) is 1.96. The fourth-order valence-electron chi connectivity index (χ4n) is 2.63. The maximum absolute atomic E-state index is 12.4. The lowest BCUT2D eigenvalue weighted by Crippen LogP contribution is -2.33. The predicted octanol–water partition coefficient (Wildman–Crippen LogP) is 3.64. The highest BCUT2D eigenvalue weighted by molar-refractivity contribution is 14.1. The molecule has 2 N–H and O–H groups in total. The van der Waals surface area contributed by atoms with E-state index < -0.39 is 12.1 Å². The Labute approximate surface area is 189 Å². The number of ether oxygens (including phenoxy) is 3. The van der Waals surface area contributed by atoms with Gasteiger partial charge in [0.25, 0.3) is 0 Å². The van der Waals surface area contributed by atoms with Crippen molar-refractivity contribution in [1.29, 1.82) is 0 Å². The van der Waals surface area contributed by atoms with Crippen molar-refractivity contribution in [2.24, 2.45) is 5.10 Å². The van der Waals surface area contributed by atoms with Crippen LogP contribution in [0.15, 0.2) is 47.6 Å². The molecule has 0 bridgehead atoms. The number of methoxy groups -OCH3 is 2. The predicted molar refractivity (Wildman–Crippen MR) is 122 cm³/mol. The van der Waals surface area contributed by atoms with Crippen LogP contribution in [0.2, 0.25) is 0 Å². The number of carbonyl (C=O) groups is 2. The molecular weight excluding hydrogens is 501 g/mol. The zero-order valence-corrected chi connectivity index (χ0v) is 19.1. The van der Waals surface area contributed by atoms with Crippen molar-refractivity contribution in [3.05, 3.63) is 57.2 Å². The molecule has 0 aliphatic rings. The number of rotatable bonds is 9. The van der Waals surface area contributed by atoms with Gasteiger partial charge in [-0.05, 0) is 47.2 Å². The van der Waals surface area contributed by atoms with E-state index in [1.54, 1.807) is 27.2 Å². The highest BCUT2D eigenvalue weighted by atomic mass is 127. The number of carbonyl (C=O) groups excluding carboxylic acids is 2. The maximum Gasteiger partial charge on any atom is 0.407 e. The molecule has 160 valence electrons. The normalized spacial score (nSPS) is 11.6. The second kappa shape index (κ2) is 12.0. The number of hydrogen-bond acceptors (Lipinski definition) is 6. The van der Waals surface area contributed by atoms with Crippen molar-refractivity contribution < 1.29 is 23.8 Å². The first-order chi connectivity index (χ1) is 14.5. The number of hydrazone groups is 1. The largest absolute Gasteiger partial charge is 0.493 e. The Bertz CT molecular complexity index is 890. The molecule has 0 aliphatic carbocycles. The highest BCUT2D eigenvalue weighted by Gasteiger charge is 2.19. The molecule has 0 radical (unpaired) electrons. The molecule has 8 nitrogen and oxygen atoms in total. The molecule has 2 aromatic carbocycles. The zero-order valence-electron chi connectivity index (χ0n) is 17.0. The first kappa shape index (κ1) is 23.5. The van der Waals surface area contributed by atoms with E-state index in [2.05, 4.69) is 38.4 Å². The van der Waals surface area contributed by atoms with Gasteiger partial charge in [-0.1, -0.05) is 30.3 Å². The number of nitrogens with zero attached hydrogens (tertiary/aromatic N) is 1. The number of amides is 2. The molecule has 1 atom stereocenters. The summed E-state index contributed by atoms with van der Waals surface area (Å²) < 4.78 is 16.4. The lowest BCUT2D eigenvalue weighted by atomic mass is 10.0. The molecule has 0 heterocycles. The summed E-state index contributed by atoms with van der Waals surface area (Å²) in [7, 11) is 3.11. The fraction of sp³-hybridized carbons (Fsp3) is 0.286. The average Bonchev–Trinajstić information content (AvgIpc) is 2.74. The summed E-state index contributed by atoms with van der Waals surface area (Å²) >= 11 is 2.15. The van der Waals surface area contributed by atoms with E-state index in [9.17, 15) is 9.59 Å². The van der Waals surface area contributed by atoms with Gasteiger partial charge >= 0.3 is 6.09 Å². The molecule has 2 aromatic rings. The van der Waals surface area contributed by atoms with Gasteiger partial charge in [0.15, 0.2) is 11.5 Å². The molecular formula is C21H24IN3O5. The number of halogens is 1. The monoisotopic (exact) mass is 525 g/mol. The van der Waals surface area contributed by atoms with E-state index in [1.165, 1.54) is 6.21 Å². The van der Waals surface area contributed by atoms with Crippen molar-refractivity contribution in [3.8, 4) is 11.5 Å². The third kappa shape index (κ3) is 6.90. The molecule has 0 saturated carbocycles. The smallest absolute Gasteiger partial charge is 0.407 e. The molecule has 0 spiro atoms. The summed E-state index contributed by atoms with van der Waals surface area (Å²) in [6, 6.07) is 12.2. The minimum atomic E-state index is -0.581. The Hall–Kier alpha value is -2.82. The van der Waals surface area contributed by atoms with Gasteiger partial charge in [-0.25, -0.2) is 10.2 Å². The van der Waals surface area contributed by atoms with Crippen molar-refractivity contribution >= 4 is 40.8 Å². The summed E-state index contributed by atoms with van der Waals surface area (Å²) in [5.41, 5.74) is 4.05. The van der Waals surface area contributed by atoms with E-state index >= 15 is 0 Å². The number of benzene rings is 2. The minimum absolute atomic E-state index is 0.00317. The summed E-state index contributed by atoms with van der Waals surface area (Å²) in [5, 5.41) is 6.73. The van der Waals surface area contributed by atoms with Crippen LogP contribution >= 0.6 is 22.6 Å². The molecule has 0 aliphatic heterocycles. The van der Waals surface area contributed by atoms with E-state index in [1.807, 2.05) is 36.4 Å². The second-order valence-electron chi connectivity index (χ2n) is 6.05. The topological polar surface area (TPSA) is 98.2 Å². The van der Waals surface area contributed by atoms with Gasteiger partial charge < -0.3 is 19.5 Å². The minimum Gasteiger partial charge on any atom is -0.493 e. The lowest BCUT2D eigenvalue weighted by Gasteiger charge is -2.18. The van der Waals surface area contributed by atoms with Gasteiger partial charge in [-0.2, -0.15) is 5.10 Å². The third-order valence-electron chi connectivity index (χ3n) is 4.05. The van der Waals surface area contributed by atoms with Crippen molar-refractivity contribution in [2.75, 3.05) is 20.8 Å². The second-order valence-corrected chi connectivity index (χ2v) is 7.22. The van der Waals surface area contributed by atoms with Crippen LogP contribution < -0.4 is 20.2 Å². The number of alkyl carbamates (subject to hydrolysis) is 1. The standard InChI is InChI=1S/C21H24IN3O5/c1-4-30-21(27)24-17(14-8-6-5-7-9-14)12-20(26)25-23-13-15-10-18(28-2)19(29-3)11-16(15)22/h5-11,13,17H,4,12H2,1-3H3,(H,24,27)(H,25,26)/b23-13-/t17-/m1/s1. The fourth-order valence-corrected chi connectivity index (χ4v) is 3.20. The van der Waals surface area contributed by atoms with Crippen LogP contribution in [-0.2, 0) is 9.53 Å². The van der Waals surface area contributed by atoms with E-state index in [0.717, 1.165) is 14.7 Å². The molecule has 0 unspecified atom stereocenters. The Morgan fingerprint density at radius 2 is 1.80 bits per heavy atom. The van der Waals surface area contributed by atoms with Crippen LogP contribution in [0.3, 0.4) is 0 Å². The van der Waals surface area contributed by atoms with Gasteiger partial charge in [0.2, 0.25) is 5.91 Å². The molecule has 2 rings (SSSR count). The van der Waals surface area contributed by atoms with Crippen LogP contribution in [0.4, 0.5) is 4.79 Å². The lowest BCUT2D eigenvalue weighted by molar-refractivity contribution is -0.121. The average molecular weight is 525 g/mol. The third-order valence-corrected chi connectivity index (χ3v) is 4.99. The Kier molecular flexibility index (Phi) is 9.39. The molecule has 0 aromatic heterocycles. The van der Waals surface area contributed by atoms with Crippen LogP contribution in [-0.4, -0.2) is 39.0 Å². The Morgan fingerprint density at radius 3 is 2.43 bits per heavy atom. The van der Waals surface area contributed by atoms with Gasteiger partial charge in [0.05, 0.1) is 39.5 Å². The van der Waals surface area contributed by atoms with Gasteiger partial charge in [0.1, 0.15) is 0 Å². The molecule has 0 saturated heterocycles. The summed E-state index contributed by atoms with van der Waals surface area (Å²) in [5.74, 6) is 0.819. The van der Waals surface area contributed by atoms with Gasteiger partial charge in [-0.3, -0.25) is 4.79 Å². The van der Waals surface area contributed by atoms with Crippen LogP contribution in [0.1, 0.15) is 30.5 Å². The number of nitrogens with one attached hydrogen (secondary N) is 2. The molecule has 30 heavy (non-hydrogen) atoms. The Balaban J connectivity index is 2.06. The molecule has 9 heteroatoms. The Morgan fingerprint density at radius 1 is 1.13 bits per heavy atom. The summed E-state index contributed by atoms with van der Waals surface area (Å²) in [4.78, 5) is 24.2. The zero-order chi connectivity index (χ0) is 21.9. The molecule has 2 amide bonds. The van der Waals surface area contributed by atoms with Crippen molar-refractivity contribution in [1.82, 2.24) is 10.7 Å². The van der Waals surface area contributed by atoms with Crippen LogP contribution in [0.25, 0.3) is 0 Å². The van der Waals surface area contributed by atoms with Crippen LogP contribution in [0, 0.1) is 3.57 Å². The SMILES string of the molecule is CCOC(=O)N[C@H](CC(=O)N/N=C\c1cc(OC)c(OC)cc1I)c1ccccc1. The van der Waals surface area contributed by atoms with E-state index in [4.69, 9.17) is 14.2 Å². The van der Waals surface area contributed by atoms with E-state index in [-0.39, 0.29) is 18.9 Å². The highest BCUT2D eigenvalue weighted by Crippen LogP contribution is 2.30. The summed E-state index contributed by atoms with van der Waals surface area (Å²) in [6.07, 6.45) is 0.948. The quantitative estimate of drug-likeness (QED) is 0.296. The van der Waals surface area contributed by atoms with Crippen LogP contribution in [0.5, 0.6) is 11.5 Å². The molecule has 0 fully saturated rings. The van der Waals surface area contributed by atoms with E-state index in [0.29, 0.717) is 11.5 Å². The first-order valence-corrected chi connectivity index (χ1v) is 10.3. The van der Waals surface area contributed by atoms with Crippen molar-refractivity contribution in [3.63, 3.8) is 0 Å². The van der Waals surface area contributed by atoms with Gasteiger partial charge in [-0.15, -0.1) is 0 Å². The number of hydrogen-bond donors (Lipinski definition) is 2. The van der Waals surface area contributed by atoms with Crippen molar-refractivity contribution in [2.45, 2.75) is 19.4 Å². The first-order valence-electron chi connectivity index (χ1n) is 9.20.